The van der Waals surface area contributed by atoms with Crippen molar-refractivity contribution in [3.8, 4) is 0 Å². The van der Waals surface area contributed by atoms with E-state index in [9.17, 15) is 0 Å². The van der Waals surface area contributed by atoms with Crippen LogP contribution in [0, 0.1) is 0 Å². The molecule has 1 atom stereocenters. The van der Waals surface area contributed by atoms with Gasteiger partial charge in [0.1, 0.15) is 0 Å². The topological polar surface area (TPSA) is 29.0 Å². The summed E-state index contributed by atoms with van der Waals surface area (Å²) < 4.78 is 0. The van der Waals surface area contributed by atoms with Crippen LogP contribution in [0.15, 0.2) is 18.5 Å². The summed E-state index contributed by atoms with van der Waals surface area (Å²) in [4.78, 5) is 10.5. The second-order valence-corrected chi connectivity index (χ2v) is 2.88. The van der Waals surface area contributed by atoms with Crippen LogP contribution in [0.5, 0.6) is 0 Å². The summed E-state index contributed by atoms with van der Waals surface area (Å²) in [6.45, 7) is 3.30. The molecule has 0 saturated carbocycles. The zero-order valence-corrected chi connectivity index (χ0v) is 6.57. The van der Waals surface area contributed by atoms with Gasteiger partial charge in [0.25, 0.3) is 0 Å². The minimum Gasteiger partial charge on any atom is -0.338 e. The Balaban J connectivity index is 2.17. The smallest absolute Gasteiger partial charge is 0.225 e. The second-order valence-electron chi connectivity index (χ2n) is 2.88. The summed E-state index contributed by atoms with van der Waals surface area (Å²) >= 11 is 0. The van der Waals surface area contributed by atoms with Gasteiger partial charge in [-0.3, -0.25) is 0 Å². The van der Waals surface area contributed by atoms with Gasteiger partial charge in [0.15, 0.2) is 0 Å². The fraction of sp³-hybridized carbons (Fsp3) is 0.500. The Hall–Kier alpha value is -1.12. The van der Waals surface area contributed by atoms with Crippen molar-refractivity contribution in [1.82, 2.24) is 9.97 Å². The van der Waals surface area contributed by atoms with E-state index in [4.69, 9.17) is 0 Å². The maximum Gasteiger partial charge on any atom is 0.225 e. The van der Waals surface area contributed by atoms with Crippen molar-refractivity contribution in [1.29, 1.82) is 0 Å². The number of aromatic nitrogens is 2. The van der Waals surface area contributed by atoms with Crippen LogP contribution < -0.4 is 4.90 Å². The van der Waals surface area contributed by atoms with Crippen LogP contribution in [0.4, 0.5) is 5.95 Å². The molecule has 1 unspecified atom stereocenters. The first-order valence-electron chi connectivity index (χ1n) is 3.91. The lowest BCUT2D eigenvalue weighted by molar-refractivity contribution is 0.470. The molecule has 2 rings (SSSR count). The van der Waals surface area contributed by atoms with Crippen molar-refractivity contribution in [2.45, 2.75) is 19.4 Å². The van der Waals surface area contributed by atoms with Crippen LogP contribution in [0.2, 0.25) is 0 Å². The molecule has 1 aliphatic rings. The fourth-order valence-corrected chi connectivity index (χ4v) is 1.25. The minimum atomic E-state index is 0.623. The van der Waals surface area contributed by atoms with Gasteiger partial charge in [0.05, 0.1) is 0 Å². The Morgan fingerprint density at radius 3 is 2.64 bits per heavy atom. The largest absolute Gasteiger partial charge is 0.338 e. The molecule has 3 heteroatoms. The maximum absolute atomic E-state index is 4.17. The normalized spacial score (nSPS) is 23.0. The summed E-state index contributed by atoms with van der Waals surface area (Å²) in [5.74, 6) is 0.867. The third-order valence-electron chi connectivity index (χ3n) is 2.13. The molecule has 1 fully saturated rings. The van der Waals surface area contributed by atoms with Gasteiger partial charge in [-0.2, -0.15) is 0 Å². The molecule has 0 aromatic carbocycles. The van der Waals surface area contributed by atoms with Crippen molar-refractivity contribution in [3.63, 3.8) is 0 Å². The molecule has 3 nitrogen and oxygen atoms in total. The SMILES string of the molecule is CC1CCN1c1ncccn1. The molecule has 1 aromatic heterocycles. The van der Waals surface area contributed by atoms with Gasteiger partial charge in [-0.05, 0) is 19.4 Å². The highest BCUT2D eigenvalue weighted by Crippen LogP contribution is 2.20. The third-order valence-corrected chi connectivity index (χ3v) is 2.13. The Bertz CT molecular complexity index is 234. The average molecular weight is 149 g/mol. The first-order chi connectivity index (χ1) is 5.38. The van der Waals surface area contributed by atoms with E-state index in [1.54, 1.807) is 12.4 Å². The molecule has 58 valence electrons. The van der Waals surface area contributed by atoms with E-state index in [0.29, 0.717) is 6.04 Å². The monoisotopic (exact) mass is 149 g/mol. The summed E-state index contributed by atoms with van der Waals surface area (Å²) in [5.41, 5.74) is 0. The van der Waals surface area contributed by atoms with Crippen LogP contribution in [-0.4, -0.2) is 22.6 Å². The van der Waals surface area contributed by atoms with E-state index in [2.05, 4.69) is 21.8 Å². The van der Waals surface area contributed by atoms with Gasteiger partial charge in [-0.15, -0.1) is 0 Å². The quantitative estimate of drug-likeness (QED) is 0.598. The zero-order chi connectivity index (χ0) is 7.68. The summed E-state index contributed by atoms with van der Waals surface area (Å²) in [6, 6.07) is 2.46. The van der Waals surface area contributed by atoms with Gasteiger partial charge >= 0.3 is 0 Å². The van der Waals surface area contributed by atoms with Crippen molar-refractivity contribution < 1.29 is 0 Å². The Morgan fingerprint density at radius 1 is 1.45 bits per heavy atom. The van der Waals surface area contributed by atoms with Gasteiger partial charge < -0.3 is 4.90 Å². The molecular formula is C8H11N3. The molecule has 0 amide bonds. The lowest BCUT2D eigenvalue weighted by Crippen LogP contribution is -2.46. The van der Waals surface area contributed by atoms with E-state index >= 15 is 0 Å². The third kappa shape index (κ3) is 1.06. The lowest BCUT2D eigenvalue weighted by atomic mass is 10.1. The predicted molar refractivity (Wildman–Crippen MR) is 43.5 cm³/mol. The molecule has 0 radical (unpaired) electrons. The van der Waals surface area contributed by atoms with Crippen LogP contribution in [0.1, 0.15) is 13.3 Å². The predicted octanol–water partition coefficient (Wildman–Crippen LogP) is 1.08. The molecule has 2 heterocycles. The van der Waals surface area contributed by atoms with Gasteiger partial charge in [-0.1, -0.05) is 0 Å². The number of anilines is 1. The maximum atomic E-state index is 4.17. The fourth-order valence-electron chi connectivity index (χ4n) is 1.25. The Kier molecular flexibility index (Phi) is 1.49. The molecule has 1 saturated heterocycles. The van der Waals surface area contributed by atoms with E-state index in [-0.39, 0.29) is 0 Å². The van der Waals surface area contributed by atoms with Crippen LogP contribution in [-0.2, 0) is 0 Å². The highest BCUT2D eigenvalue weighted by Gasteiger charge is 2.25. The van der Waals surface area contributed by atoms with Crippen molar-refractivity contribution in [2.75, 3.05) is 11.4 Å². The minimum absolute atomic E-state index is 0.623. The van der Waals surface area contributed by atoms with Crippen LogP contribution in [0.3, 0.4) is 0 Å². The number of hydrogen-bond donors (Lipinski definition) is 0. The molecule has 0 spiro atoms. The highest BCUT2D eigenvalue weighted by atomic mass is 15.3. The van der Waals surface area contributed by atoms with Crippen LogP contribution >= 0.6 is 0 Å². The zero-order valence-electron chi connectivity index (χ0n) is 6.57. The molecule has 0 N–H and O–H groups in total. The second kappa shape index (κ2) is 2.49. The molecule has 1 aromatic rings. The molecule has 0 aliphatic carbocycles. The van der Waals surface area contributed by atoms with Gasteiger partial charge in [0, 0.05) is 25.0 Å². The first-order valence-corrected chi connectivity index (χ1v) is 3.91. The van der Waals surface area contributed by atoms with Crippen molar-refractivity contribution in [2.24, 2.45) is 0 Å². The Labute approximate surface area is 66.1 Å². The van der Waals surface area contributed by atoms with Crippen molar-refractivity contribution in [3.05, 3.63) is 18.5 Å². The molecule has 1 aliphatic heterocycles. The van der Waals surface area contributed by atoms with E-state index in [1.807, 2.05) is 6.07 Å². The lowest BCUT2D eigenvalue weighted by Gasteiger charge is -2.38. The van der Waals surface area contributed by atoms with Gasteiger partial charge in [0.2, 0.25) is 5.95 Å². The van der Waals surface area contributed by atoms with E-state index < -0.39 is 0 Å². The summed E-state index contributed by atoms with van der Waals surface area (Å²) in [5, 5.41) is 0. The van der Waals surface area contributed by atoms with E-state index in [1.165, 1.54) is 6.42 Å². The number of hydrogen-bond acceptors (Lipinski definition) is 3. The standard InChI is InChI=1S/C8H11N3/c1-7-3-6-11(7)8-9-4-2-5-10-8/h2,4-5,7H,3,6H2,1H3. The summed E-state index contributed by atoms with van der Waals surface area (Å²) in [6.07, 6.45) is 4.83. The van der Waals surface area contributed by atoms with E-state index in [0.717, 1.165) is 12.5 Å². The number of nitrogens with zero attached hydrogens (tertiary/aromatic N) is 3. The first kappa shape index (κ1) is 6.58. The van der Waals surface area contributed by atoms with Crippen molar-refractivity contribution >= 4 is 5.95 Å². The number of rotatable bonds is 1. The molecule has 11 heavy (non-hydrogen) atoms. The Morgan fingerprint density at radius 2 is 2.18 bits per heavy atom. The molecular weight excluding hydrogens is 138 g/mol. The highest BCUT2D eigenvalue weighted by molar-refractivity contribution is 5.33. The molecule has 0 bridgehead atoms. The van der Waals surface area contributed by atoms with Crippen LogP contribution in [0.25, 0.3) is 0 Å². The average Bonchev–Trinajstić information content (AvgIpc) is 2.04. The summed E-state index contributed by atoms with van der Waals surface area (Å²) in [7, 11) is 0. The van der Waals surface area contributed by atoms with Gasteiger partial charge in [-0.25, -0.2) is 9.97 Å².